The first-order valence-electron chi connectivity index (χ1n) is 23.7. The van der Waals surface area contributed by atoms with E-state index in [4.69, 9.17) is 14.2 Å². The summed E-state index contributed by atoms with van der Waals surface area (Å²) in [6.07, 6.45) is 39.8. The number of rotatable bonds is 42. The third-order valence-electron chi connectivity index (χ3n) is 10.7. The summed E-state index contributed by atoms with van der Waals surface area (Å²) in [5.41, 5.74) is 0. The van der Waals surface area contributed by atoms with Crippen LogP contribution in [0, 0.1) is 11.8 Å². The van der Waals surface area contributed by atoms with Crippen LogP contribution in [0.5, 0.6) is 0 Å². The number of unbranched alkanes of at least 4 members (excludes halogenated alkanes) is 27. The lowest BCUT2D eigenvalue weighted by molar-refractivity contribution is -0.167. The van der Waals surface area contributed by atoms with Crippen molar-refractivity contribution in [2.45, 2.75) is 265 Å². The summed E-state index contributed by atoms with van der Waals surface area (Å²) < 4.78 is 16.6. The van der Waals surface area contributed by atoms with Crippen LogP contribution < -0.4 is 0 Å². The zero-order valence-electron chi connectivity index (χ0n) is 36.8. The molecule has 0 rings (SSSR count). The van der Waals surface area contributed by atoms with Gasteiger partial charge in [0.2, 0.25) is 0 Å². The van der Waals surface area contributed by atoms with Crippen molar-refractivity contribution in [3.05, 3.63) is 0 Å². The fourth-order valence-electron chi connectivity index (χ4n) is 7.11. The molecule has 0 bridgehead atoms. The lowest BCUT2D eigenvalue weighted by Crippen LogP contribution is -2.30. The molecule has 6 heteroatoms. The van der Waals surface area contributed by atoms with Crippen LogP contribution in [0.25, 0.3) is 0 Å². The Morgan fingerprint density at radius 3 is 0.907 bits per heavy atom. The van der Waals surface area contributed by atoms with Crippen LogP contribution >= 0.6 is 0 Å². The summed E-state index contributed by atoms with van der Waals surface area (Å²) in [4.78, 5) is 37.5. The first kappa shape index (κ1) is 52.4. The Labute approximate surface area is 336 Å². The lowest BCUT2D eigenvalue weighted by Gasteiger charge is -2.18. The van der Waals surface area contributed by atoms with Crippen LogP contribution in [0.1, 0.15) is 259 Å². The molecule has 1 atom stereocenters. The maximum Gasteiger partial charge on any atom is 0.306 e. The second kappa shape index (κ2) is 41.1. The van der Waals surface area contributed by atoms with Gasteiger partial charge in [-0.15, -0.1) is 0 Å². The first-order chi connectivity index (χ1) is 26.2. The standard InChI is InChI=1S/C48H92O6/c1-6-7-8-26-33-38-46(49)52-41-45(42-53-47(50)39-34-29-24-20-17-16-19-23-28-32-37-44(4)5)54-48(51)40-35-30-25-21-15-13-11-9-10-12-14-18-22-27-31-36-43(2)3/h43-45H,6-42H2,1-5H3/t45-/m0/s1. The Kier molecular flexibility index (Phi) is 39.8. The van der Waals surface area contributed by atoms with Gasteiger partial charge in [0.1, 0.15) is 13.2 Å². The Morgan fingerprint density at radius 2 is 0.611 bits per heavy atom. The van der Waals surface area contributed by atoms with Gasteiger partial charge >= 0.3 is 17.9 Å². The minimum absolute atomic E-state index is 0.0655. The summed E-state index contributed by atoms with van der Waals surface area (Å²) >= 11 is 0. The molecule has 0 saturated heterocycles. The Bertz CT molecular complexity index is 824. The largest absolute Gasteiger partial charge is 0.462 e. The number of hydrogen-bond donors (Lipinski definition) is 0. The van der Waals surface area contributed by atoms with Crippen LogP contribution in [0.15, 0.2) is 0 Å². The zero-order valence-corrected chi connectivity index (χ0v) is 36.8. The van der Waals surface area contributed by atoms with Crippen molar-refractivity contribution in [1.82, 2.24) is 0 Å². The minimum Gasteiger partial charge on any atom is -0.462 e. The predicted molar refractivity (Wildman–Crippen MR) is 229 cm³/mol. The molecule has 0 amide bonds. The fraction of sp³-hybridized carbons (Fsp3) is 0.938. The van der Waals surface area contributed by atoms with Crippen molar-refractivity contribution in [3.63, 3.8) is 0 Å². The van der Waals surface area contributed by atoms with Crippen LogP contribution in [-0.2, 0) is 28.6 Å². The van der Waals surface area contributed by atoms with Gasteiger partial charge < -0.3 is 14.2 Å². The van der Waals surface area contributed by atoms with Crippen molar-refractivity contribution in [2.75, 3.05) is 13.2 Å². The maximum atomic E-state index is 12.7. The molecule has 0 radical (unpaired) electrons. The summed E-state index contributed by atoms with van der Waals surface area (Å²) in [6.45, 7) is 11.3. The maximum absolute atomic E-state index is 12.7. The van der Waals surface area contributed by atoms with Gasteiger partial charge in [0.05, 0.1) is 0 Å². The van der Waals surface area contributed by atoms with Crippen molar-refractivity contribution in [1.29, 1.82) is 0 Å². The number of esters is 3. The van der Waals surface area contributed by atoms with Crippen LogP contribution in [0.4, 0.5) is 0 Å². The van der Waals surface area contributed by atoms with Gasteiger partial charge in [-0.05, 0) is 31.1 Å². The van der Waals surface area contributed by atoms with Crippen molar-refractivity contribution < 1.29 is 28.6 Å². The Balaban J connectivity index is 4.14. The van der Waals surface area contributed by atoms with Crippen LogP contribution in [-0.4, -0.2) is 37.2 Å². The average molecular weight is 765 g/mol. The molecule has 0 saturated carbocycles. The molecule has 320 valence electrons. The van der Waals surface area contributed by atoms with Crippen molar-refractivity contribution in [3.8, 4) is 0 Å². The molecule has 54 heavy (non-hydrogen) atoms. The topological polar surface area (TPSA) is 78.9 Å². The van der Waals surface area contributed by atoms with E-state index in [0.717, 1.165) is 76.0 Å². The van der Waals surface area contributed by atoms with Gasteiger partial charge in [-0.3, -0.25) is 14.4 Å². The number of ether oxygens (including phenoxy) is 3. The summed E-state index contributed by atoms with van der Waals surface area (Å²) in [6, 6.07) is 0. The minimum atomic E-state index is -0.759. The Morgan fingerprint density at radius 1 is 0.352 bits per heavy atom. The van der Waals surface area contributed by atoms with E-state index in [-0.39, 0.29) is 31.1 Å². The highest BCUT2D eigenvalue weighted by molar-refractivity contribution is 5.71. The molecule has 0 aliphatic rings. The number of hydrogen-bond acceptors (Lipinski definition) is 6. The van der Waals surface area contributed by atoms with Crippen molar-refractivity contribution >= 4 is 17.9 Å². The molecule has 0 unspecified atom stereocenters. The van der Waals surface area contributed by atoms with Gasteiger partial charge in [0.25, 0.3) is 0 Å². The molecule has 0 aromatic heterocycles. The molecule has 0 fully saturated rings. The third kappa shape index (κ3) is 41.6. The van der Waals surface area contributed by atoms with Gasteiger partial charge in [-0.1, -0.05) is 221 Å². The van der Waals surface area contributed by atoms with E-state index in [0.29, 0.717) is 19.3 Å². The van der Waals surface area contributed by atoms with Crippen molar-refractivity contribution in [2.24, 2.45) is 11.8 Å². The highest BCUT2D eigenvalue weighted by Gasteiger charge is 2.19. The summed E-state index contributed by atoms with van der Waals surface area (Å²) in [5, 5.41) is 0. The smallest absolute Gasteiger partial charge is 0.306 e. The van der Waals surface area contributed by atoms with Gasteiger partial charge in [-0.2, -0.15) is 0 Å². The lowest BCUT2D eigenvalue weighted by atomic mass is 10.0. The number of carbonyl (C=O) groups is 3. The van der Waals surface area contributed by atoms with Crippen LogP contribution in [0.2, 0.25) is 0 Å². The second-order valence-electron chi connectivity index (χ2n) is 17.3. The summed E-state index contributed by atoms with van der Waals surface area (Å²) in [7, 11) is 0. The van der Waals surface area contributed by atoms with Gasteiger partial charge in [0, 0.05) is 19.3 Å². The SMILES string of the molecule is CCCCCCCC(=O)OC[C@@H](COC(=O)CCCCCCCCCCCCC(C)C)OC(=O)CCCCCCCCCCCCCCCCCC(C)C. The van der Waals surface area contributed by atoms with Gasteiger partial charge in [0.15, 0.2) is 6.10 Å². The second-order valence-corrected chi connectivity index (χ2v) is 17.3. The van der Waals surface area contributed by atoms with E-state index < -0.39 is 6.10 Å². The zero-order chi connectivity index (χ0) is 39.7. The normalized spacial score (nSPS) is 12.1. The van der Waals surface area contributed by atoms with E-state index >= 15 is 0 Å². The summed E-state index contributed by atoms with van der Waals surface area (Å²) in [5.74, 6) is 0.798. The molecule has 0 aromatic rings. The molecule has 0 N–H and O–H groups in total. The van der Waals surface area contributed by atoms with E-state index in [1.165, 1.54) is 141 Å². The van der Waals surface area contributed by atoms with E-state index in [9.17, 15) is 14.4 Å². The van der Waals surface area contributed by atoms with E-state index in [1.54, 1.807) is 0 Å². The number of carbonyl (C=O) groups excluding carboxylic acids is 3. The molecule has 0 aromatic carbocycles. The molecule has 6 nitrogen and oxygen atoms in total. The predicted octanol–water partition coefficient (Wildman–Crippen LogP) is 15.0. The molecule has 0 heterocycles. The molecular formula is C48H92O6. The van der Waals surface area contributed by atoms with Crippen LogP contribution in [0.3, 0.4) is 0 Å². The first-order valence-corrected chi connectivity index (χ1v) is 23.7. The highest BCUT2D eigenvalue weighted by Crippen LogP contribution is 2.17. The Hall–Kier alpha value is -1.59. The molecule has 0 spiro atoms. The highest BCUT2D eigenvalue weighted by atomic mass is 16.6. The monoisotopic (exact) mass is 765 g/mol. The average Bonchev–Trinajstić information content (AvgIpc) is 3.14. The third-order valence-corrected chi connectivity index (χ3v) is 10.7. The quantitative estimate of drug-likeness (QED) is 0.0350. The molecular weight excluding hydrogens is 673 g/mol. The van der Waals surface area contributed by atoms with E-state index in [2.05, 4.69) is 34.6 Å². The van der Waals surface area contributed by atoms with E-state index in [1.807, 2.05) is 0 Å². The van der Waals surface area contributed by atoms with Gasteiger partial charge in [-0.25, -0.2) is 0 Å². The molecule has 0 aliphatic heterocycles. The fourth-order valence-corrected chi connectivity index (χ4v) is 7.11. The molecule has 0 aliphatic carbocycles.